The molecule has 0 aliphatic carbocycles. The number of anilines is 1. The maximum atomic E-state index is 11.9. The number of hydrogen-bond acceptors (Lipinski definition) is 3. The Bertz CT molecular complexity index is 656. The molecule has 2 rings (SSSR count). The molecule has 0 aliphatic rings. The van der Waals surface area contributed by atoms with Gasteiger partial charge in [0.1, 0.15) is 6.61 Å². The molecule has 0 bridgehead atoms. The van der Waals surface area contributed by atoms with Gasteiger partial charge >= 0.3 is 5.97 Å². The zero-order chi connectivity index (χ0) is 14.7. The third-order valence-electron chi connectivity index (χ3n) is 2.80. The lowest BCUT2D eigenvalue weighted by Crippen LogP contribution is -2.06. The van der Waals surface area contributed by atoms with Crippen molar-refractivity contribution < 1.29 is 9.53 Å². The van der Waals surface area contributed by atoms with Crippen molar-refractivity contribution in [2.75, 3.05) is 5.73 Å². The van der Waals surface area contributed by atoms with Gasteiger partial charge in [-0.3, -0.25) is 0 Å². The summed E-state index contributed by atoms with van der Waals surface area (Å²) < 4.78 is 5.21. The Labute approximate surface area is 127 Å². The fourth-order valence-corrected chi connectivity index (χ4v) is 2.07. The van der Waals surface area contributed by atoms with Crippen LogP contribution in [0.1, 0.15) is 21.5 Å². The van der Waals surface area contributed by atoms with E-state index in [2.05, 4.69) is 0 Å². The van der Waals surface area contributed by atoms with Gasteiger partial charge in [-0.2, -0.15) is 0 Å². The normalized spacial score (nSPS) is 10.3. The molecular formula is C15H13Cl2NO2. The molecule has 2 aromatic rings. The highest BCUT2D eigenvalue weighted by molar-refractivity contribution is 6.33. The second-order valence-electron chi connectivity index (χ2n) is 4.41. The number of hydrogen-bond donors (Lipinski definition) is 1. The molecule has 0 atom stereocenters. The second-order valence-corrected chi connectivity index (χ2v) is 5.22. The third-order valence-corrected chi connectivity index (χ3v) is 3.50. The van der Waals surface area contributed by atoms with E-state index in [0.29, 0.717) is 21.3 Å². The summed E-state index contributed by atoms with van der Waals surface area (Å²) in [6.45, 7) is 2.05. The van der Waals surface area contributed by atoms with Crippen molar-refractivity contribution >= 4 is 34.9 Å². The number of rotatable bonds is 3. The van der Waals surface area contributed by atoms with Crippen LogP contribution in [0, 0.1) is 6.92 Å². The van der Waals surface area contributed by atoms with Gasteiger partial charge in [0, 0.05) is 10.6 Å². The number of carbonyl (C=O) groups excluding carboxylic acids is 1. The van der Waals surface area contributed by atoms with Crippen molar-refractivity contribution in [2.24, 2.45) is 0 Å². The Morgan fingerprint density at radius 2 is 1.90 bits per heavy atom. The predicted molar refractivity (Wildman–Crippen MR) is 81.2 cm³/mol. The van der Waals surface area contributed by atoms with E-state index >= 15 is 0 Å². The van der Waals surface area contributed by atoms with Gasteiger partial charge in [0.15, 0.2) is 0 Å². The predicted octanol–water partition coefficient (Wildman–Crippen LogP) is 4.24. The second kappa shape index (κ2) is 6.16. The maximum Gasteiger partial charge on any atom is 0.338 e. The Morgan fingerprint density at radius 3 is 2.55 bits per heavy atom. The molecule has 5 heteroatoms. The van der Waals surface area contributed by atoms with Crippen LogP contribution in [0.15, 0.2) is 36.4 Å². The van der Waals surface area contributed by atoms with E-state index in [1.54, 1.807) is 12.1 Å². The first-order valence-electron chi connectivity index (χ1n) is 5.94. The smallest absolute Gasteiger partial charge is 0.338 e. The van der Waals surface area contributed by atoms with Gasteiger partial charge in [0.25, 0.3) is 0 Å². The lowest BCUT2D eigenvalue weighted by molar-refractivity contribution is 0.0473. The number of halogens is 2. The van der Waals surface area contributed by atoms with Gasteiger partial charge in [-0.1, -0.05) is 35.3 Å². The number of aryl methyl sites for hydroxylation is 1. The highest BCUT2D eigenvalue weighted by Crippen LogP contribution is 2.21. The van der Waals surface area contributed by atoms with E-state index in [1.807, 2.05) is 25.1 Å². The van der Waals surface area contributed by atoms with Gasteiger partial charge in [-0.15, -0.1) is 0 Å². The third kappa shape index (κ3) is 3.44. The number of esters is 1. The minimum absolute atomic E-state index is 0.112. The number of benzene rings is 2. The van der Waals surface area contributed by atoms with Crippen LogP contribution in [-0.4, -0.2) is 5.97 Å². The lowest BCUT2D eigenvalue weighted by atomic mass is 10.1. The van der Waals surface area contributed by atoms with E-state index < -0.39 is 5.97 Å². The Balaban J connectivity index is 2.06. The van der Waals surface area contributed by atoms with E-state index in [0.717, 1.165) is 11.1 Å². The van der Waals surface area contributed by atoms with Crippen LogP contribution in [0.4, 0.5) is 5.69 Å². The molecule has 0 radical (unpaired) electrons. The van der Waals surface area contributed by atoms with Crippen molar-refractivity contribution in [3.8, 4) is 0 Å². The molecule has 0 saturated carbocycles. The van der Waals surface area contributed by atoms with Crippen LogP contribution in [0.3, 0.4) is 0 Å². The standard InChI is InChI=1S/C15H13Cl2NO2/c1-9-2-3-11(13(17)6-9)8-20-15(19)10-4-5-12(16)14(18)7-10/h2-7H,8,18H2,1H3. The van der Waals surface area contributed by atoms with E-state index in [9.17, 15) is 4.79 Å². The average Bonchev–Trinajstić information content (AvgIpc) is 2.40. The van der Waals surface area contributed by atoms with Crippen LogP contribution in [0.5, 0.6) is 0 Å². The topological polar surface area (TPSA) is 52.3 Å². The molecule has 2 aromatic carbocycles. The summed E-state index contributed by atoms with van der Waals surface area (Å²) in [6, 6.07) is 10.2. The Hall–Kier alpha value is -1.71. The van der Waals surface area contributed by atoms with E-state index in [4.69, 9.17) is 33.7 Å². The summed E-state index contributed by atoms with van der Waals surface area (Å²) in [6.07, 6.45) is 0. The molecule has 20 heavy (non-hydrogen) atoms. The molecule has 2 N–H and O–H groups in total. The first kappa shape index (κ1) is 14.7. The summed E-state index contributed by atoms with van der Waals surface area (Å²) >= 11 is 11.9. The molecule has 0 aliphatic heterocycles. The average molecular weight is 310 g/mol. The molecule has 0 unspecified atom stereocenters. The van der Waals surface area contributed by atoms with Crippen LogP contribution in [-0.2, 0) is 11.3 Å². The largest absolute Gasteiger partial charge is 0.457 e. The van der Waals surface area contributed by atoms with Gasteiger partial charge in [-0.05, 0) is 36.8 Å². The summed E-state index contributed by atoms with van der Waals surface area (Å²) in [5.41, 5.74) is 8.15. The number of nitrogens with two attached hydrogens (primary N) is 1. The lowest BCUT2D eigenvalue weighted by Gasteiger charge is -2.08. The zero-order valence-electron chi connectivity index (χ0n) is 10.8. The van der Waals surface area contributed by atoms with Gasteiger partial charge in [0.05, 0.1) is 16.3 Å². The monoisotopic (exact) mass is 309 g/mol. The van der Waals surface area contributed by atoms with Crippen molar-refractivity contribution in [3.63, 3.8) is 0 Å². The first-order valence-corrected chi connectivity index (χ1v) is 6.70. The number of carbonyl (C=O) groups is 1. The molecule has 104 valence electrons. The van der Waals surface area contributed by atoms with Crippen LogP contribution < -0.4 is 5.73 Å². The molecule has 3 nitrogen and oxygen atoms in total. The number of ether oxygens (including phenoxy) is 1. The van der Waals surface area contributed by atoms with Crippen molar-refractivity contribution in [1.82, 2.24) is 0 Å². The fraction of sp³-hybridized carbons (Fsp3) is 0.133. The van der Waals surface area contributed by atoms with E-state index in [1.165, 1.54) is 6.07 Å². The molecule has 0 saturated heterocycles. The molecule has 0 aromatic heterocycles. The highest BCUT2D eigenvalue weighted by atomic mass is 35.5. The maximum absolute atomic E-state index is 11.9. The fourth-order valence-electron chi connectivity index (χ4n) is 1.67. The molecule has 0 amide bonds. The summed E-state index contributed by atoms with van der Waals surface area (Å²) in [4.78, 5) is 11.9. The Morgan fingerprint density at radius 1 is 1.15 bits per heavy atom. The highest BCUT2D eigenvalue weighted by Gasteiger charge is 2.10. The first-order chi connectivity index (χ1) is 9.47. The van der Waals surface area contributed by atoms with Crippen LogP contribution in [0.2, 0.25) is 10.0 Å². The van der Waals surface area contributed by atoms with Crippen molar-refractivity contribution in [1.29, 1.82) is 0 Å². The quantitative estimate of drug-likeness (QED) is 0.681. The van der Waals surface area contributed by atoms with Crippen LogP contribution >= 0.6 is 23.2 Å². The SMILES string of the molecule is Cc1ccc(COC(=O)c2ccc(Cl)c(N)c2)c(Cl)c1. The summed E-state index contributed by atoms with van der Waals surface area (Å²) in [5, 5.41) is 0.983. The number of nitrogen functional groups attached to an aromatic ring is 1. The molecule has 0 spiro atoms. The summed E-state index contributed by atoms with van der Waals surface area (Å²) in [5.74, 6) is -0.468. The van der Waals surface area contributed by atoms with Crippen molar-refractivity contribution in [3.05, 3.63) is 63.1 Å². The summed E-state index contributed by atoms with van der Waals surface area (Å²) in [7, 11) is 0. The minimum Gasteiger partial charge on any atom is -0.457 e. The minimum atomic E-state index is -0.468. The van der Waals surface area contributed by atoms with Crippen molar-refractivity contribution in [2.45, 2.75) is 13.5 Å². The Kier molecular flexibility index (Phi) is 4.53. The van der Waals surface area contributed by atoms with Gasteiger partial charge in [-0.25, -0.2) is 4.79 Å². The van der Waals surface area contributed by atoms with Gasteiger partial charge in [0.2, 0.25) is 0 Å². The molecular weight excluding hydrogens is 297 g/mol. The molecule has 0 fully saturated rings. The molecule has 0 heterocycles. The van der Waals surface area contributed by atoms with Gasteiger partial charge < -0.3 is 10.5 Å². The van der Waals surface area contributed by atoms with Crippen LogP contribution in [0.25, 0.3) is 0 Å². The zero-order valence-corrected chi connectivity index (χ0v) is 12.3. The van der Waals surface area contributed by atoms with E-state index in [-0.39, 0.29) is 6.61 Å².